The van der Waals surface area contributed by atoms with E-state index in [1.165, 1.54) is 25.7 Å². The van der Waals surface area contributed by atoms with E-state index in [0.717, 1.165) is 12.2 Å². The Hall–Kier alpha value is -0.870. The van der Waals surface area contributed by atoms with Crippen molar-refractivity contribution in [3.05, 3.63) is 18.0 Å². The van der Waals surface area contributed by atoms with Gasteiger partial charge >= 0.3 is 0 Å². The van der Waals surface area contributed by atoms with Crippen LogP contribution in [0.25, 0.3) is 0 Å². The Morgan fingerprint density at radius 2 is 2.17 bits per heavy atom. The van der Waals surface area contributed by atoms with E-state index in [1.807, 2.05) is 0 Å². The van der Waals surface area contributed by atoms with Crippen LogP contribution >= 0.6 is 0 Å². The molecule has 1 aliphatic rings. The first-order valence-electron chi connectivity index (χ1n) is 7.09. The number of nitrogens with one attached hydrogen (secondary N) is 1. The first-order valence-corrected chi connectivity index (χ1v) is 7.09. The highest BCUT2D eigenvalue weighted by Gasteiger charge is 2.18. The third-order valence-corrected chi connectivity index (χ3v) is 3.91. The Morgan fingerprint density at radius 3 is 2.78 bits per heavy atom. The summed E-state index contributed by atoms with van der Waals surface area (Å²) in [5.74, 6) is 0.437. The van der Waals surface area contributed by atoms with Gasteiger partial charge in [-0.2, -0.15) is 5.10 Å². The van der Waals surface area contributed by atoms with E-state index < -0.39 is 0 Å². The predicted molar refractivity (Wildman–Crippen MR) is 72.3 cm³/mol. The van der Waals surface area contributed by atoms with E-state index in [2.05, 4.69) is 41.2 Å². The average molecular weight is 251 g/mol. The highest BCUT2D eigenvalue weighted by Crippen LogP contribution is 2.28. The number of aromatic nitrogens is 2. The summed E-state index contributed by atoms with van der Waals surface area (Å²) < 4.78 is 2.12. The Labute approximate surface area is 109 Å². The third kappa shape index (κ3) is 3.33. The Kier molecular flexibility index (Phi) is 4.78. The average Bonchev–Trinajstić information content (AvgIpc) is 2.99. The van der Waals surface area contributed by atoms with Gasteiger partial charge in [0, 0.05) is 18.8 Å². The summed E-state index contributed by atoms with van der Waals surface area (Å²) in [6.45, 7) is 5.15. The minimum Gasteiger partial charge on any atom is -0.395 e. The molecule has 4 nitrogen and oxygen atoms in total. The van der Waals surface area contributed by atoms with Gasteiger partial charge in [-0.3, -0.25) is 4.68 Å². The lowest BCUT2D eigenvalue weighted by Gasteiger charge is -2.19. The number of aliphatic hydroxyl groups excluding tert-OH is 1. The second-order valence-corrected chi connectivity index (χ2v) is 5.64. The molecule has 1 unspecified atom stereocenters. The smallest absolute Gasteiger partial charge is 0.0762 e. The fourth-order valence-corrected chi connectivity index (χ4v) is 2.59. The van der Waals surface area contributed by atoms with E-state index in [9.17, 15) is 5.11 Å². The summed E-state index contributed by atoms with van der Waals surface area (Å²) in [4.78, 5) is 0. The number of rotatable bonds is 6. The Balaban J connectivity index is 1.86. The van der Waals surface area contributed by atoms with Crippen molar-refractivity contribution in [3.8, 4) is 0 Å². The van der Waals surface area contributed by atoms with Gasteiger partial charge < -0.3 is 10.4 Å². The number of hydrogen-bond acceptors (Lipinski definition) is 3. The standard InChI is InChI=1S/C14H25N3O/c1-11(2)14(10-18)15-9-12-7-8-17(16-12)13-5-3-4-6-13/h7-8,11,13-15,18H,3-6,9-10H2,1-2H3. The molecule has 2 rings (SSSR count). The van der Waals surface area contributed by atoms with E-state index in [-0.39, 0.29) is 12.6 Å². The summed E-state index contributed by atoms with van der Waals surface area (Å²) >= 11 is 0. The summed E-state index contributed by atoms with van der Waals surface area (Å²) in [5, 5.41) is 17.3. The van der Waals surface area contributed by atoms with Crippen molar-refractivity contribution in [2.24, 2.45) is 5.92 Å². The molecule has 1 aromatic rings. The molecule has 1 aromatic heterocycles. The van der Waals surface area contributed by atoms with Gasteiger partial charge in [0.25, 0.3) is 0 Å². The van der Waals surface area contributed by atoms with Crippen LogP contribution in [0, 0.1) is 5.92 Å². The summed E-state index contributed by atoms with van der Waals surface area (Å²) in [6.07, 6.45) is 7.28. The maximum Gasteiger partial charge on any atom is 0.0762 e. The zero-order chi connectivity index (χ0) is 13.0. The quantitative estimate of drug-likeness (QED) is 0.814. The van der Waals surface area contributed by atoms with Crippen molar-refractivity contribution in [3.63, 3.8) is 0 Å². The molecule has 0 aromatic carbocycles. The summed E-state index contributed by atoms with van der Waals surface area (Å²) in [5.41, 5.74) is 1.07. The van der Waals surface area contributed by atoms with Crippen molar-refractivity contribution in [2.75, 3.05) is 6.61 Å². The molecule has 1 heterocycles. The van der Waals surface area contributed by atoms with Crippen LogP contribution in [-0.4, -0.2) is 27.5 Å². The maximum absolute atomic E-state index is 9.26. The normalized spacial score (nSPS) is 18.7. The zero-order valence-corrected chi connectivity index (χ0v) is 11.5. The Morgan fingerprint density at radius 1 is 1.44 bits per heavy atom. The van der Waals surface area contributed by atoms with Gasteiger partial charge in [0.1, 0.15) is 0 Å². The molecule has 2 N–H and O–H groups in total. The largest absolute Gasteiger partial charge is 0.395 e. The lowest BCUT2D eigenvalue weighted by Crippen LogP contribution is -2.36. The third-order valence-electron chi connectivity index (χ3n) is 3.91. The molecule has 4 heteroatoms. The molecule has 0 amide bonds. The molecule has 0 spiro atoms. The molecule has 0 saturated heterocycles. The van der Waals surface area contributed by atoms with Gasteiger partial charge in [0.05, 0.1) is 18.3 Å². The minimum atomic E-state index is 0.154. The second-order valence-electron chi connectivity index (χ2n) is 5.64. The zero-order valence-electron chi connectivity index (χ0n) is 11.5. The van der Waals surface area contributed by atoms with E-state index in [1.54, 1.807) is 0 Å². The number of hydrogen-bond donors (Lipinski definition) is 2. The van der Waals surface area contributed by atoms with Crippen molar-refractivity contribution < 1.29 is 5.11 Å². The van der Waals surface area contributed by atoms with Crippen molar-refractivity contribution in [2.45, 2.75) is 58.2 Å². The lowest BCUT2D eigenvalue weighted by molar-refractivity contribution is 0.209. The Bertz CT molecular complexity index is 356. The van der Waals surface area contributed by atoms with Crippen molar-refractivity contribution in [1.82, 2.24) is 15.1 Å². The molecule has 0 radical (unpaired) electrons. The van der Waals surface area contributed by atoms with Gasteiger partial charge in [-0.25, -0.2) is 0 Å². The molecule has 1 aliphatic carbocycles. The van der Waals surface area contributed by atoms with Crippen molar-refractivity contribution >= 4 is 0 Å². The van der Waals surface area contributed by atoms with E-state index in [4.69, 9.17) is 0 Å². The predicted octanol–water partition coefficient (Wildman–Crippen LogP) is 2.10. The number of nitrogens with zero attached hydrogens (tertiary/aromatic N) is 2. The molecule has 0 aliphatic heterocycles. The van der Waals surface area contributed by atoms with Gasteiger partial charge in [-0.15, -0.1) is 0 Å². The second kappa shape index (κ2) is 6.34. The summed E-state index contributed by atoms with van der Waals surface area (Å²) in [7, 11) is 0. The monoisotopic (exact) mass is 251 g/mol. The fraction of sp³-hybridized carbons (Fsp3) is 0.786. The van der Waals surface area contributed by atoms with Crippen LogP contribution < -0.4 is 5.32 Å². The van der Waals surface area contributed by atoms with Crippen LogP contribution in [0.15, 0.2) is 12.3 Å². The summed E-state index contributed by atoms with van der Waals surface area (Å²) in [6, 6.07) is 2.85. The first kappa shape index (κ1) is 13.6. The van der Waals surface area contributed by atoms with Crippen LogP contribution in [0.3, 0.4) is 0 Å². The minimum absolute atomic E-state index is 0.154. The highest BCUT2D eigenvalue weighted by atomic mass is 16.3. The van der Waals surface area contributed by atoms with Crippen LogP contribution in [0.1, 0.15) is 51.3 Å². The van der Waals surface area contributed by atoms with Crippen LogP contribution in [0.5, 0.6) is 0 Å². The fourth-order valence-electron chi connectivity index (χ4n) is 2.59. The van der Waals surface area contributed by atoms with Gasteiger partial charge in [-0.05, 0) is 24.8 Å². The molecule has 1 fully saturated rings. The maximum atomic E-state index is 9.26. The lowest BCUT2D eigenvalue weighted by atomic mass is 10.1. The van der Waals surface area contributed by atoms with Crippen molar-refractivity contribution in [1.29, 1.82) is 0 Å². The highest BCUT2D eigenvalue weighted by molar-refractivity contribution is 5.00. The molecular weight excluding hydrogens is 226 g/mol. The van der Waals surface area contributed by atoms with E-state index >= 15 is 0 Å². The molecular formula is C14H25N3O. The van der Waals surface area contributed by atoms with Gasteiger partial charge in [-0.1, -0.05) is 26.7 Å². The van der Waals surface area contributed by atoms with Gasteiger partial charge in [0.15, 0.2) is 0 Å². The van der Waals surface area contributed by atoms with Crippen LogP contribution in [-0.2, 0) is 6.54 Å². The molecule has 1 atom stereocenters. The molecule has 102 valence electrons. The van der Waals surface area contributed by atoms with Crippen LogP contribution in [0.4, 0.5) is 0 Å². The van der Waals surface area contributed by atoms with E-state index in [0.29, 0.717) is 12.0 Å². The number of aliphatic hydroxyl groups is 1. The molecule has 0 bridgehead atoms. The first-order chi connectivity index (χ1) is 8.70. The topological polar surface area (TPSA) is 50.1 Å². The SMILES string of the molecule is CC(C)C(CO)NCc1ccn(C2CCCC2)n1. The molecule has 18 heavy (non-hydrogen) atoms. The molecule has 1 saturated carbocycles. The van der Waals surface area contributed by atoms with Crippen LogP contribution in [0.2, 0.25) is 0 Å². The van der Waals surface area contributed by atoms with Gasteiger partial charge in [0.2, 0.25) is 0 Å².